The maximum absolute atomic E-state index is 9.87. The van der Waals surface area contributed by atoms with Gasteiger partial charge in [-0.2, -0.15) is 21.5 Å². The van der Waals surface area contributed by atoms with Gasteiger partial charge in [0.15, 0.2) is 0 Å². The van der Waals surface area contributed by atoms with Crippen LogP contribution in [-0.2, 0) is 0 Å². The van der Waals surface area contributed by atoms with Crippen LogP contribution in [0, 0.1) is 5.21 Å². The van der Waals surface area contributed by atoms with Crippen LogP contribution < -0.4 is 27.6 Å². The number of carboxylic acid groups (broad SMARTS) is 1. The fourth-order valence-electron chi connectivity index (χ4n) is 0.217. The number of quaternary nitrogens is 1. The number of carbonyl (C=O) groups is 1. The van der Waals surface area contributed by atoms with Crippen LogP contribution in [0.25, 0.3) is 0 Å². The molecule has 0 heterocycles. The molecule has 11 heteroatoms. The van der Waals surface area contributed by atoms with Crippen LogP contribution in [0.15, 0.2) is 0 Å². The smallest absolute Gasteiger partial charge is 0.420 e. The third kappa shape index (κ3) is 8.95. The molecule has 0 spiro atoms. The highest BCUT2D eigenvalue weighted by Crippen LogP contribution is 1.75. The van der Waals surface area contributed by atoms with E-state index in [2.05, 4.69) is 0 Å². The van der Waals surface area contributed by atoms with Gasteiger partial charge in [-0.05, 0) is 5.53 Å². The standard InChI is InChI=1S/CH8N6O5/c8-1(9)2-3-4-5-6-7(10,11)12/h2-6,10-11H,(H,8,9). The highest BCUT2D eigenvalue weighted by molar-refractivity contribution is 5.63. The minimum Gasteiger partial charge on any atom is -0.542 e. The Balaban J connectivity index is 3.17. The number of hydrogen-bond acceptors (Lipinski definition) is 8. The fourth-order valence-corrected chi connectivity index (χ4v) is 0.217. The van der Waals surface area contributed by atoms with Crippen LogP contribution in [0.5, 0.6) is 0 Å². The van der Waals surface area contributed by atoms with E-state index < -0.39 is 11.2 Å². The number of nitrogens with one attached hydrogen (secondary N) is 5. The van der Waals surface area contributed by atoms with Gasteiger partial charge in [-0.25, -0.2) is 10.2 Å². The Bertz CT molecular complexity index is 141. The summed E-state index contributed by atoms with van der Waals surface area (Å²) in [6.07, 6.45) is -1.37. The van der Waals surface area contributed by atoms with E-state index in [1.165, 1.54) is 5.53 Å². The molecule has 0 aliphatic heterocycles. The highest BCUT2D eigenvalue weighted by atomic mass is 17.1. The van der Waals surface area contributed by atoms with E-state index in [1.807, 2.05) is 11.1 Å². The molecule has 0 saturated heterocycles. The first-order valence-corrected chi connectivity index (χ1v) is 2.48. The number of rotatable bonds is 5. The molecule has 12 heavy (non-hydrogen) atoms. The zero-order valence-corrected chi connectivity index (χ0v) is 5.61. The Labute approximate surface area is 65.5 Å². The average molecular weight is 184 g/mol. The minimum absolute atomic E-state index is 1.33. The zero-order chi connectivity index (χ0) is 9.61. The second-order valence-corrected chi connectivity index (χ2v) is 1.46. The van der Waals surface area contributed by atoms with Gasteiger partial charge in [0.05, 0.1) is 0 Å². The van der Waals surface area contributed by atoms with Crippen LogP contribution in [-0.4, -0.2) is 26.7 Å². The molecule has 0 rings (SSSR count). The van der Waals surface area contributed by atoms with E-state index >= 15 is 0 Å². The number of hydrogen-bond donors (Lipinski definition) is 8. The Kier molecular flexibility index (Phi) is 4.34. The molecule has 0 atom stereocenters. The molecule has 72 valence electrons. The van der Waals surface area contributed by atoms with Crippen LogP contribution in [0.2, 0.25) is 0 Å². The zero-order valence-electron chi connectivity index (χ0n) is 5.61. The molecule has 0 fully saturated rings. The molecular formula is CH8N6O5. The molecule has 0 bridgehead atoms. The van der Waals surface area contributed by atoms with Crippen molar-refractivity contribution < 1.29 is 25.4 Å². The van der Waals surface area contributed by atoms with Gasteiger partial charge < -0.3 is 10.3 Å². The maximum Gasteiger partial charge on any atom is 0.420 e. The average Bonchev–Trinajstić information content (AvgIpc) is 1.83. The van der Waals surface area contributed by atoms with Gasteiger partial charge in [0.1, 0.15) is 0 Å². The second-order valence-electron chi connectivity index (χ2n) is 1.46. The number of amides is 1. The van der Waals surface area contributed by atoms with Crippen LogP contribution in [0.3, 0.4) is 0 Å². The quantitative estimate of drug-likeness (QED) is 0.129. The highest BCUT2D eigenvalue weighted by Gasteiger charge is 2.04. The Morgan fingerprint density at radius 1 is 1.25 bits per heavy atom. The van der Waals surface area contributed by atoms with Gasteiger partial charge in [-0.15, -0.1) is 5.53 Å². The largest absolute Gasteiger partial charge is 0.542 e. The molecule has 0 unspecified atom stereocenters. The van der Waals surface area contributed by atoms with Gasteiger partial charge in [-0.1, -0.05) is 0 Å². The summed E-state index contributed by atoms with van der Waals surface area (Å²) in [5.41, 5.74) is 8.30. The molecule has 0 aromatic heterocycles. The summed E-state index contributed by atoms with van der Waals surface area (Å²) in [6, 6.07) is 0. The first-order valence-electron chi connectivity index (χ1n) is 2.48. The van der Waals surface area contributed by atoms with E-state index in [1.54, 1.807) is 11.0 Å². The molecule has 0 saturated carbocycles. The summed E-state index contributed by atoms with van der Waals surface area (Å²) in [4.78, 5) is 9.73. The van der Waals surface area contributed by atoms with Gasteiger partial charge in [0.25, 0.3) is 0 Å². The fraction of sp³-hybridized carbons (Fsp3) is 0. The summed E-state index contributed by atoms with van der Waals surface area (Å²) in [7, 11) is 0. The van der Waals surface area contributed by atoms with E-state index in [9.17, 15) is 10.0 Å². The molecule has 1 amide bonds. The monoisotopic (exact) mass is 184 g/mol. The normalized spacial score (nSPS) is 11.2. The van der Waals surface area contributed by atoms with Crippen molar-refractivity contribution in [2.24, 2.45) is 0 Å². The van der Waals surface area contributed by atoms with Crippen molar-refractivity contribution in [1.29, 1.82) is 0 Å². The lowest BCUT2D eigenvalue weighted by Crippen LogP contribution is -2.64. The molecule has 0 aliphatic rings. The molecule has 0 aromatic carbocycles. The molecular weight excluding hydrogens is 176 g/mol. The lowest BCUT2D eigenvalue weighted by molar-refractivity contribution is -1.24. The van der Waals surface area contributed by atoms with Crippen molar-refractivity contribution in [1.82, 2.24) is 27.6 Å². The summed E-state index contributed by atoms with van der Waals surface area (Å²) in [5.74, 6) is 0. The molecule has 0 radical (unpaired) electrons. The summed E-state index contributed by atoms with van der Waals surface area (Å²) < 4.78 is 0. The van der Waals surface area contributed by atoms with Crippen molar-refractivity contribution in [2.75, 3.05) is 0 Å². The van der Waals surface area contributed by atoms with E-state index in [4.69, 9.17) is 15.5 Å². The lowest BCUT2D eigenvalue weighted by Gasteiger charge is -2.22. The molecule has 8 N–H and O–H groups in total. The van der Waals surface area contributed by atoms with Crippen LogP contribution >= 0.6 is 0 Å². The predicted molar refractivity (Wildman–Crippen MR) is 30.9 cm³/mol. The number of hydrazine groups is 4. The van der Waals surface area contributed by atoms with E-state index in [-0.39, 0.29) is 0 Å². The first kappa shape index (κ1) is 11.0. The second kappa shape index (κ2) is 4.75. The van der Waals surface area contributed by atoms with Gasteiger partial charge in [0, 0.05) is 5.08 Å². The van der Waals surface area contributed by atoms with Gasteiger partial charge >= 0.3 is 6.09 Å². The van der Waals surface area contributed by atoms with Gasteiger partial charge in [0.2, 0.25) is 0 Å². The van der Waals surface area contributed by atoms with Crippen molar-refractivity contribution >= 4 is 6.09 Å². The summed E-state index contributed by atoms with van der Waals surface area (Å²) in [6.45, 7) is 0. The SMILES string of the molecule is O=C(O)NNNNN[N+]([O-])(O)O. The molecule has 11 nitrogen and oxygen atoms in total. The van der Waals surface area contributed by atoms with Crippen molar-refractivity contribution in [3.05, 3.63) is 5.21 Å². The predicted octanol–water partition coefficient (Wildman–Crippen LogP) is -2.72. The van der Waals surface area contributed by atoms with Crippen molar-refractivity contribution in [2.45, 2.75) is 0 Å². The van der Waals surface area contributed by atoms with Crippen LogP contribution in [0.4, 0.5) is 4.79 Å². The van der Waals surface area contributed by atoms with Gasteiger partial charge in [-0.3, -0.25) is 0 Å². The summed E-state index contributed by atoms with van der Waals surface area (Å²) in [5, 5.41) is 31.0. The minimum atomic E-state index is -2.78. The van der Waals surface area contributed by atoms with E-state index in [0.29, 0.717) is 0 Å². The van der Waals surface area contributed by atoms with Crippen molar-refractivity contribution in [3.8, 4) is 0 Å². The third-order valence-electron chi connectivity index (χ3n) is 0.496. The lowest BCUT2D eigenvalue weighted by atomic mass is 11.3. The molecule has 0 aliphatic carbocycles. The summed E-state index contributed by atoms with van der Waals surface area (Å²) >= 11 is 0. The van der Waals surface area contributed by atoms with Crippen LogP contribution in [0.1, 0.15) is 0 Å². The first-order chi connectivity index (χ1) is 5.42. The Morgan fingerprint density at radius 3 is 2.25 bits per heavy atom. The molecule has 0 aromatic rings. The van der Waals surface area contributed by atoms with Crippen molar-refractivity contribution in [3.63, 3.8) is 0 Å². The van der Waals surface area contributed by atoms with E-state index in [0.717, 1.165) is 0 Å². The Morgan fingerprint density at radius 2 is 1.83 bits per heavy atom. The number of nitrogens with zero attached hydrogens (tertiary/aromatic N) is 1. The Hall–Kier alpha value is -1.05. The topological polar surface area (TPSA) is 161 Å². The maximum atomic E-state index is 9.87. The third-order valence-corrected chi connectivity index (χ3v) is 0.496.